The molecule has 9 nitrogen and oxygen atoms in total. The first-order chi connectivity index (χ1) is 10.2. The van der Waals surface area contributed by atoms with Crippen LogP contribution in [-0.2, 0) is 4.79 Å². The van der Waals surface area contributed by atoms with E-state index >= 15 is 0 Å². The van der Waals surface area contributed by atoms with Gasteiger partial charge >= 0.3 is 11.9 Å². The number of carbonyl (C=O) groups excluding carboxylic acids is 1. The summed E-state index contributed by atoms with van der Waals surface area (Å²) < 4.78 is 0. The average Bonchev–Trinajstić information content (AvgIpc) is 2.43. The molecule has 22 heavy (non-hydrogen) atoms. The molecule has 0 fully saturated rings. The summed E-state index contributed by atoms with van der Waals surface area (Å²) in [6.07, 6.45) is 4.71. The van der Waals surface area contributed by atoms with Crippen LogP contribution in [0.1, 0.15) is 26.2 Å². The summed E-state index contributed by atoms with van der Waals surface area (Å²) in [5.74, 6) is -1.95. The van der Waals surface area contributed by atoms with Gasteiger partial charge in [-0.2, -0.15) is 0 Å². The van der Waals surface area contributed by atoms with E-state index in [1.807, 2.05) is 0 Å². The topological polar surface area (TPSA) is 133 Å². The molecule has 0 aromatic heterocycles. The number of hydrogen-bond acceptors (Lipinski definition) is 6. The molecule has 2 aliphatic rings. The van der Waals surface area contributed by atoms with Crippen molar-refractivity contribution in [2.45, 2.75) is 32.2 Å². The highest BCUT2D eigenvalue weighted by Crippen LogP contribution is 2.48. The highest BCUT2D eigenvalue weighted by Gasteiger charge is 2.59. The number of nitrogens with two attached hydrogens (primary N) is 1. The van der Waals surface area contributed by atoms with E-state index in [0.717, 1.165) is 17.5 Å². The van der Waals surface area contributed by atoms with E-state index in [1.165, 1.54) is 7.05 Å². The van der Waals surface area contributed by atoms with Gasteiger partial charge in [0.25, 0.3) is 5.70 Å². The molecule has 1 amide bonds. The van der Waals surface area contributed by atoms with Crippen LogP contribution in [0.2, 0.25) is 0 Å². The second-order valence-electron chi connectivity index (χ2n) is 5.94. The summed E-state index contributed by atoms with van der Waals surface area (Å²) >= 11 is 0. The molecule has 0 radical (unpaired) electrons. The minimum absolute atomic E-state index is 0.343. The zero-order chi connectivity index (χ0) is 16.7. The summed E-state index contributed by atoms with van der Waals surface area (Å²) in [5, 5.41) is 22.8. The third kappa shape index (κ3) is 2.32. The summed E-state index contributed by atoms with van der Waals surface area (Å²) in [6, 6.07) is -1.70. The van der Waals surface area contributed by atoms with E-state index in [9.17, 15) is 25.0 Å². The highest BCUT2D eigenvalue weighted by molar-refractivity contribution is 5.83. The van der Waals surface area contributed by atoms with Crippen molar-refractivity contribution in [1.82, 2.24) is 4.90 Å². The number of allylic oxidation sites excluding steroid dienone is 2. The van der Waals surface area contributed by atoms with Gasteiger partial charge in [0.2, 0.25) is 0 Å². The summed E-state index contributed by atoms with van der Waals surface area (Å²) in [5.41, 5.74) is 5.06. The number of amides is 1. The normalized spacial score (nSPS) is 32.3. The zero-order valence-corrected chi connectivity index (χ0v) is 12.4. The van der Waals surface area contributed by atoms with Gasteiger partial charge in [0.05, 0.1) is 11.1 Å². The molecule has 9 heteroatoms. The largest absolute Gasteiger partial charge is 0.402 e. The Morgan fingerprint density at radius 2 is 2.05 bits per heavy atom. The minimum atomic E-state index is -1.70. The molecule has 120 valence electrons. The lowest BCUT2D eigenvalue weighted by Crippen LogP contribution is -2.55. The second-order valence-corrected chi connectivity index (χ2v) is 5.94. The van der Waals surface area contributed by atoms with E-state index in [4.69, 9.17) is 5.73 Å². The quantitative estimate of drug-likeness (QED) is 0.607. The van der Waals surface area contributed by atoms with E-state index in [-0.39, 0.29) is 5.70 Å². The van der Waals surface area contributed by atoms with Crippen molar-refractivity contribution in [3.63, 3.8) is 0 Å². The molecule has 0 spiro atoms. The fourth-order valence-electron chi connectivity index (χ4n) is 3.34. The predicted molar refractivity (Wildman–Crippen MR) is 76.3 cm³/mol. The second kappa shape index (κ2) is 5.39. The summed E-state index contributed by atoms with van der Waals surface area (Å²) in [6.45, 7) is 1.66. The van der Waals surface area contributed by atoms with Crippen LogP contribution in [0.5, 0.6) is 0 Å². The maximum absolute atomic E-state index is 12.2. The molecule has 1 heterocycles. The number of hydrogen-bond donors (Lipinski definition) is 1. The molecule has 1 aliphatic heterocycles. The molecule has 2 N–H and O–H groups in total. The lowest BCUT2D eigenvalue weighted by molar-refractivity contribution is -0.534. The van der Waals surface area contributed by atoms with Gasteiger partial charge in [-0.3, -0.25) is 25.0 Å². The Morgan fingerprint density at radius 1 is 1.41 bits per heavy atom. The molecule has 0 saturated heterocycles. The van der Waals surface area contributed by atoms with Crippen LogP contribution in [0.3, 0.4) is 0 Å². The van der Waals surface area contributed by atoms with Gasteiger partial charge in [0.1, 0.15) is 5.92 Å². The Labute approximate surface area is 126 Å². The fourth-order valence-corrected chi connectivity index (χ4v) is 3.34. The minimum Gasteiger partial charge on any atom is -0.402 e. The Morgan fingerprint density at radius 3 is 2.55 bits per heavy atom. The molecule has 3 atom stereocenters. The Hall–Kier alpha value is -2.45. The molecular formula is C13H18N4O5. The van der Waals surface area contributed by atoms with Gasteiger partial charge < -0.3 is 10.6 Å². The first-order valence-electron chi connectivity index (χ1n) is 6.92. The maximum atomic E-state index is 12.2. The number of nitro groups is 2. The zero-order valence-electron chi connectivity index (χ0n) is 12.4. The van der Waals surface area contributed by atoms with Crippen LogP contribution in [0.4, 0.5) is 0 Å². The van der Waals surface area contributed by atoms with E-state index in [2.05, 4.69) is 0 Å². The van der Waals surface area contributed by atoms with Crippen LogP contribution in [-0.4, -0.2) is 33.7 Å². The standard InChI is InChI=1S/C13H18N4O5/c1-13(6-4-3-5-9(13)14)10-8(16(19)20)7-15(2)12(18)11(10)17(21)22/h5,7,10-11H,3-4,6,14H2,1-2H3. The Balaban J connectivity index is 2.64. The highest BCUT2D eigenvalue weighted by atomic mass is 16.6. The van der Waals surface area contributed by atoms with Gasteiger partial charge in [-0.15, -0.1) is 0 Å². The smallest absolute Gasteiger partial charge is 0.304 e. The van der Waals surface area contributed by atoms with Crippen molar-refractivity contribution in [1.29, 1.82) is 0 Å². The third-order valence-corrected chi connectivity index (χ3v) is 4.61. The fraction of sp³-hybridized carbons (Fsp3) is 0.615. The van der Waals surface area contributed by atoms with E-state index < -0.39 is 33.1 Å². The number of carbonyl (C=O) groups is 1. The van der Waals surface area contributed by atoms with Gasteiger partial charge in [-0.05, 0) is 19.3 Å². The van der Waals surface area contributed by atoms with Crippen LogP contribution in [0.25, 0.3) is 0 Å². The van der Waals surface area contributed by atoms with Gasteiger partial charge in [0.15, 0.2) is 0 Å². The molecule has 3 unspecified atom stereocenters. The van der Waals surface area contributed by atoms with Crippen molar-refractivity contribution in [2.75, 3.05) is 7.05 Å². The maximum Gasteiger partial charge on any atom is 0.304 e. The molecule has 1 aliphatic carbocycles. The predicted octanol–water partition coefficient (Wildman–Crippen LogP) is 0.871. The van der Waals surface area contributed by atoms with Gasteiger partial charge in [-0.1, -0.05) is 13.0 Å². The van der Waals surface area contributed by atoms with Crippen LogP contribution < -0.4 is 5.73 Å². The lowest BCUT2D eigenvalue weighted by atomic mass is 9.64. The third-order valence-electron chi connectivity index (χ3n) is 4.61. The molecular weight excluding hydrogens is 292 g/mol. The van der Waals surface area contributed by atoms with Crippen molar-refractivity contribution in [3.8, 4) is 0 Å². The average molecular weight is 310 g/mol. The first-order valence-corrected chi connectivity index (χ1v) is 6.92. The molecule has 0 aromatic carbocycles. The van der Waals surface area contributed by atoms with Crippen molar-refractivity contribution < 1.29 is 14.6 Å². The van der Waals surface area contributed by atoms with Crippen molar-refractivity contribution in [3.05, 3.63) is 43.9 Å². The van der Waals surface area contributed by atoms with E-state index in [1.54, 1.807) is 13.0 Å². The number of likely N-dealkylation sites (N-methyl/N-ethyl adjacent to an activating group) is 1. The molecule has 2 rings (SSSR count). The molecule has 0 saturated carbocycles. The summed E-state index contributed by atoms with van der Waals surface area (Å²) in [7, 11) is 1.28. The van der Waals surface area contributed by atoms with Gasteiger partial charge in [-0.25, -0.2) is 0 Å². The SMILES string of the molecule is CN1C=C([N+](=O)[O-])C(C2(C)CCCC=C2N)C([N+](=O)[O-])C1=O. The van der Waals surface area contributed by atoms with Crippen LogP contribution in [0.15, 0.2) is 23.7 Å². The molecule has 0 aromatic rings. The summed E-state index contributed by atoms with van der Waals surface area (Å²) in [4.78, 5) is 34.5. The molecule has 0 bridgehead atoms. The van der Waals surface area contributed by atoms with Crippen molar-refractivity contribution in [2.24, 2.45) is 17.1 Å². The van der Waals surface area contributed by atoms with E-state index in [0.29, 0.717) is 18.5 Å². The number of rotatable bonds is 3. The first kappa shape index (κ1) is 15.9. The number of nitrogens with zero attached hydrogens (tertiary/aromatic N) is 3. The van der Waals surface area contributed by atoms with Crippen molar-refractivity contribution >= 4 is 5.91 Å². The van der Waals surface area contributed by atoms with Crippen LogP contribution in [0, 0.1) is 31.6 Å². The Kier molecular flexibility index (Phi) is 3.90. The van der Waals surface area contributed by atoms with Gasteiger partial charge in [0, 0.05) is 23.1 Å². The lowest BCUT2D eigenvalue weighted by Gasteiger charge is -2.41. The monoisotopic (exact) mass is 310 g/mol. The van der Waals surface area contributed by atoms with Crippen LogP contribution >= 0.6 is 0 Å². The Bertz CT molecular complexity index is 599.